The van der Waals surface area contributed by atoms with Gasteiger partial charge in [0, 0.05) is 6.42 Å². The molecule has 2 rings (SSSR count). The maximum Gasteiger partial charge on any atom is 0.387 e. The molecule has 2 aromatic rings. The zero-order chi connectivity index (χ0) is 13.8. The van der Waals surface area contributed by atoms with Gasteiger partial charge in [0.1, 0.15) is 5.75 Å². The second kappa shape index (κ2) is 5.70. The predicted octanol–water partition coefficient (Wildman–Crippen LogP) is 1.09. The van der Waals surface area contributed by atoms with Gasteiger partial charge in [0.2, 0.25) is 0 Å². The number of alkyl halides is 2. The largest absolute Gasteiger partial charge is 0.435 e. The Hall–Kier alpha value is -2.09. The molecule has 1 atom stereocenters. The van der Waals surface area contributed by atoms with Crippen LogP contribution in [-0.4, -0.2) is 31.9 Å². The average Bonchev–Trinajstić information content (AvgIpc) is 2.75. The Morgan fingerprint density at radius 1 is 1.32 bits per heavy atom. The number of tetrazole rings is 1. The van der Waals surface area contributed by atoms with E-state index < -0.39 is 12.7 Å². The number of nitrogens with zero attached hydrogens (tertiary/aromatic N) is 4. The average molecular weight is 270 g/mol. The molecule has 1 aromatic heterocycles. The summed E-state index contributed by atoms with van der Waals surface area (Å²) in [6.07, 6.45) is -0.632. The fourth-order valence-corrected chi connectivity index (χ4v) is 1.57. The maximum atomic E-state index is 12.0. The second-order valence-corrected chi connectivity index (χ2v) is 3.86. The molecular formula is C11H12F2N4O2. The molecule has 0 saturated carbocycles. The minimum atomic E-state index is -2.86. The van der Waals surface area contributed by atoms with Gasteiger partial charge in [-0.25, -0.2) is 0 Å². The molecule has 0 aliphatic heterocycles. The van der Waals surface area contributed by atoms with Crippen molar-refractivity contribution in [3.63, 3.8) is 0 Å². The molecule has 0 aliphatic rings. The molecule has 0 aliphatic carbocycles. The lowest BCUT2D eigenvalue weighted by molar-refractivity contribution is -0.0498. The van der Waals surface area contributed by atoms with E-state index in [9.17, 15) is 13.9 Å². The SMILES string of the molecule is Cn1nnc(CC(O)c2ccc(OC(F)F)cc2)n1. The molecule has 1 N–H and O–H groups in total. The van der Waals surface area contributed by atoms with Crippen molar-refractivity contribution in [2.75, 3.05) is 0 Å². The highest BCUT2D eigenvalue weighted by Gasteiger charge is 2.13. The molecule has 19 heavy (non-hydrogen) atoms. The Kier molecular flexibility index (Phi) is 4.00. The summed E-state index contributed by atoms with van der Waals surface area (Å²) >= 11 is 0. The van der Waals surface area contributed by atoms with Crippen LogP contribution in [0.25, 0.3) is 0 Å². The third-order valence-electron chi connectivity index (χ3n) is 2.42. The third kappa shape index (κ3) is 3.68. The molecule has 0 bridgehead atoms. The van der Waals surface area contributed by atoms with Crippen molar-refractivity contribution in [3.8, 4) is 5.75 Å². The summed E-state index contributed by atoms with van der Waals surface area (Å²) in [6.45, 7) is -2.86. The molecule has 1 heterocycles. The lowest BCUT2D eigenvalue weighted by atomic mass is 10.1. The fraction of sp³-hybridized carbons (Fsp3) is 0.364. The topological polar surface area (TPSA) is 73.1 Å². The van der Waals surface area contributed by atoms with Crippen LogP contribution in [0, 0.1) is 0 Å². The van der Waals surface area contributed by atoms with Gasteiger partial charge in [-0.1, -0.05) is 12.1 Å². The monoisotopic (exact) mass is 270 g/mol. The van der Waals surface area contributed by atoms with E-state index in [2.05, 4.69) is 20.1 Å². The number of rotatable bonds is 5. The van der Waals surface area contributed by atoms with E-state index in [0.717, 1.165) is 0 Å². The summed E-state index contributed by atoms with van der Waals surface area (Å²) in [5.74, 6) is 0.450. The van der Waals surface area contributed by atoms with E-state index in [-0.39, 0.29) is 12.2 Å². The maximum absolute atomic E-state index is 12.0. The Bertz CT molecular complexity index is 530. The van der Waals surface area contributed by atoms with E-state index in [1.54, 1.807) is 7.05 Å². The quantitative estimate of drug-likeness (QED) is 0.880. The van der Waals surface area contributed by atoms with Crippen molar-refractivity contribution >= 4 is 0 Å². The van der Waals surface area contributed by atoms with Crippen LogP contribution in [0.15, 0.2) is 24.3 Å². The van der Waals surface area contributed by atoms with Gasteiger partial charge in [0.15, 0.2) is 5.82 Å². The number of ether oxygens (including phenoxy) is 1. The first kappa shape index (κ1) is 13.3. The normalized spacial score (nSPS) is 12.7. The first-order chi connectivity index (χ1) is 9.04. The summed E-state index contributed by atoms with van der Waals surface area (Å²) in [7, 11) is 1.62. The standard InChI is InChI=1S/C11H12F2N4O2/c1-17-15-10(14-16-17)6-9(18)7-2-4-8(5-3-7)19-11(12)13/h2-5,9,11,18H,6H2,1H3. The molecule has 0 radical (unpaired) electrons. The Balaban J connectivity index is 2.01. The molecule has 0 amide bonds. The first-order valence-electron chi connectivity index (χ1n) is 5.50. The predicted molar refractivity (Wildman–Crippen MR) is 60.5 cm³/mol. The summed E-state index contributed by atoms with van der Waals surface area (Å²) in [6, 6.07) is 5.77. The van der Waals surface area contributed by atoms with E-state index in [4.69, 9.17) is 0 Å². The van der Waals surface area contributed by atoms with E-state index in [0.29, 0.717) is 11.4 Å². The van der Waals surface area contributed by atoms with Gasteiger partial charge in [0.25, 0.3) is 0 Å². The van der Waals surface area contributed by atoms with Crippen LogP contribution in [0.1, 0.15) is 17.5 Å². The number of hydrogen-bond donors (Lipinski definition) is 1. The van der Waals surface area contributed by atoms with Crippen LogP contribution in [-0.2, 0) is 13.5 Å². The smallest absolute Gasteiger partial charge is 0.387 e. The molecule has 0 spiro atoms. The number of benzene rings is 1. The van der Waals surface area contributed by atoms with Crippen molar-refractivity contribution in [2.45, 2.75) is 19.1 Å². The van der Waals surface area contributed by atoms with Crippen LogP contribution >= 0.6 is 0 Å². The number of aromatic nitrogens is 4. The minimum Gasteiger partial charge on any atom is -0.435 e. The number of aryl methyl sites for hydroxylation is 1. The third-order valence-corrected chi connectivity index (χ3v) is 2.42. The van der Waals surface area contributed by atoms with Crippen LogP contribution in [0.5, 0.6) is 5.75 Å². The minimum absolute atomic E-state index is 0.0450. The summed E-state index contributed by atoms with van der Waals surface area (Å²) < 4.78 is 28.2. The lowest BCUT2D eigenvalue weighted by Gasteiger charge is -2.10. The summed E-state index contributed by atoms with van der Waals surface area (Å²) in [5.41, 5.74) is 0.564. The van der Waals surface area contributed by atoms with Gasteiger partial charge in [-0.15, -0.1) is 10.2 Å². The van der Waals surface area contributed by atoms with Crippen LogP contribution in [0.3, 0.4) is 0 Å². The molecular weight excluding hydrogens is 258 g/mol. The molecule has 1 unspecified atom stereocenters. The molecule has 6 nitrogen and oxygen atoms in total. The van der Waals surface area contributed by atoms with E-state index >= 15 is 0 Å². The second-order valence-electron chi connectivity index (χ2n) is 3.86. The van der Waals surface area contributed by atoms with Crippen molar-refractivity contribution in [1.29, 1.82) is 0 Å². The molecule has 8 heteroatoms. The van der Waals surface area contributed by atoms with Gasteiger partial charge in [0.05, 0.1) is 13.2 Å². The van der Waals surface area contributed by atoms with E-state index in [1.165, 1.54) is 29.1 Å². The van der Waals surface area contributed by atoms with Crippen molar-refractivity contribution in [1.82, 2.24) is 20.2 Å². The number of hydrogen-bond acceptors (Lipinski definition) is 5. The van der Waals surface area contributed by atoms with Crippen molar-refractivity contribution in [3.05, 3.63) is 35.7 Å². The Morgan fingerprint density at radius 2 is 2.00 bits per heavy atom. The van der Waals surface area contributed by atoms with Crippen molar-refractivity contribution in [2.24, 2.45) is 7.05 Å². The highest BCUT2D eigenvalue weighted by atomic mass is 19.3. The highest BCUT2D eigenvalue weighted by molar-refractivity contribution is 5.28. The Labute approximate surface area is 107 Å². The molecule has 0 fully saturated rings. The summed E-state index contributed by atoms with van der Waals surface area (Å²) in [4.78, 5) is 1.29. The van der Waals surface area contributed by atoms with Gasteiger partial charge in [-0.05, 0) is 22.9 Å². The zero-order valence-electron chi connectivity index (χ0n) is 10.1. The van der Waals surface area contributed by atoms with Gasteiger partial charge in [-0.3, -0.25) is 0 Å². The fourth-order valence-electron chi connectivity index (χ4n) is 1.57. The van der Waals surface area contributed by atoms with E-state index in [1.807, 2.05) is 0 Å². The first-order valence-corrected chi connectivity index (χ1v) is 5.50. The zero-order valence-corrected chi connectivity index (χ0v) is 10.1. The van der Waals surface area contributed by atoms with Crippen LogP contribution in [0.2, 0.25) is 0 Å². The highest BCUT2D eigenvalue weighted by Crippen LogP contribution is 2.21. The van der Waals surface area contributed by atoms with Gasteiger partial charge >= 0.3 is 6.61 Å². The van der Waals surface area contributed by atoms with Gasteiger partial charge < -0.3 is 9.84 Å². The number of aliphatic hydroxyl groups is 1. The number of halogens is 2. The van der Waals surface area contributed by atoms with Crippen molar-refractivity contribution < 1.29 is 18.6 Å². The lowest BCUT2D eigenvalue weighted by Crippen LogP contribution is -2.05. The van der Waals surface area contributed by atoms with Crippen LogP contribution < -0.4 is 4.74 Å². The Morgan fingerprint density at radius 3 is 2.53 bits per heavy atom. The van der Waals surface area contributed by atoms with Crippen LogP contribution in [0.4, 0.5) is 8.78 Å². The molecule has 0 saturated heterocycles. The van der Waals surface area contributed by atoms with Gasteiger partial charge in [-0.2, -0.15) is 13.6 Å². The molecule has 102 valence electrons. The summed E-state index contributed by atoms with van der Waals surface area (Å²) in [5, 5.41) is 21.3. The number of aliphatic hydroxyl groups excluding tert-OH is 1. The molecule has 1 aromatic carbocycles.